The quantitative estimate of drug-likeness (QED) is 0.125. The highest BCUT2D eigenvalue weighted by atomic mass is 16.5. The first-order valence-corrected chi connectivity index (χ1v) is 17.7. The van der Waals surface area contributed by atoms with Gasteiger partial charge in [0.25, 0.3) is 0 Å². The zero-order valence-electron chi connectivity index (χ0n) is 29.5. The highest BCUT2D eigenvalue weighted by Crippen LogP contribution is 2.50. The maximum absolute atomic E-state index is 11.3. The molecule has 8 rings (SSSR count). The number of para-hydroxylation sites is 2. The SMILES string of the molecule is CC1(C)c2ccccc2-c2ccc(N(c3ccccc3)c3ccc(B(O)Oc4cccc(N(c5ccccc5)c5ccc(B(O)O)cc5)c4)cc3)cc21. The molecule has 258 valence electrons. The zero-order chi connectivity index (χ0) is 36.5. The topological polar surface area (TPSA) is 76.4 Å². The fraction of sp³-hybridized carbons (Fsp3) is 0.0667. The fourth-order valence-electron chi connectivity index (χ4n) is 7.36. The summed E-state index contributed by atoms with van der Waals surface area (Å²) in [6.07, 6.45) is 0. The van der Waals surface area contributed by atoms with E-state index in [9.17, 15) is 15.1 Å². The first-order valence-electron chi connectivity index (χ1n) is 17.7. The van der Waals surface area contributed by atoms with Crippen LogP contribution in [0.2, 0.25) is 0 Å². The summed E-state index contributed by atoms with van der Waals surface area (Å²) in [5, 5.41) is 30.6. The molecule has 0 saturated heterocycles. The minimum absolute atomic E-state index is 0.126. The molecule has 0 heterocycles. The van der Waals surface area contributed by atoms with Crippen LogP contribution in [-0.2, 0) is 5.41 Å². The predicted octanol–water partition coefficient (Wildman–Crippen LogP) is 8.38. The van der Waals surface area contributed by atoms with Crippen LogP contribution in [0, 0.1) is 0 Å². The number of fused-ring (bicyclic) bond motifs is 3. The molecule has 0 spiro atoms. The standard InChI is InChI=1S/C45H38B2N2O4/c1-45(2)43-19-10-9-18-41(43)42-29-28-39(31-44(42)45)49(35-14-7-4-8-15-35)37-26-22-33(23-27-37)47(52)53-40-17-11-16-38(30-40)48(34-12-5-3-6-13-34)36-24-20-32(21-25-36)46(50)51/h3-31,50-52H,1-2H3. The van der Waals surface area contributed by atoms with Crippen molar-refractivity contribution in [3.63, 3.8) is 0 Å². The zero-order valence-corrected chi connectivity index (χ0v) is 29.5. The second-order valence-corrected chi connectivity index (χ2v) is 13.8. The first-order chi connectivity index (χ1) is 25.8. The van der Waals surface area contributed by atoms with Crippen molar-refractivity contribution in [3.8, 4) is 16.9 Å². The van der Waals surface area contributed by atoms with E-state index in [4.69, 9.17) is 4.65 Å². The Morgan fingerprint density at radius 1 is 0.434 bits per heavy atom. The largest absolute Gasteiger partial charge is 0.560 e. The number of hydrogen-bond acceptors (Lipinski definition) is 6. The minimum Gasteiger partial charge on any atom is -0.532 e. The maximum Gasteiger partial charge on any atom is 0.560 e. The molecular weight excluding hydrogens is 654 g/mol. The van der Waals surface area contributed by atoms with Crippen molar-refractivity contribution >= 4 is 59.3 Å². The maximum atomic E-state index is 11.3. The lowest BCUT2D eigenvalue weighted by atomic mass is 9.79. The molecule has 0 unspecified atom stereocenters. The highest BCUT2D eigenvalue weighted by molar-refractivity contribution is 6.60. The Morgan fingerprint density at radius 2 is 0.906 bits per heavy atom. The van der Waals surface area contributed by atoms with Gasteiger partial charge in [0.2, 0.25) is 0 Å². The molecule has 6 nitrogen and oxygen atoms in total. The summed E-state index contributed by atoms with van der Waals surface area (Å²) in [7, 11) is -2.76. The first kappa shape index (κ1) is 34.1. The summed E-state index contributed by atoms with van der Waals surface area (Å²) in [6, 6.07) is 58.1. The van der Waals surface area contributed by atoms with Crippen molar-refractivity contribution in [2.75, 3.05) is 9.80 Å². The molecule has 7 aromatic carbocycles. The molecule has 3 N–H and O–H groups in total. The third kappa shape index (κ3) is 6.60. The Morgan fingerprint density at radius 3 is 1.51 bits per heavy atom. The van der Waals surface area contributed by atoms with Crippen LogP contribution in [0.5, 0.6) is 5.75 Å². The molecule has 53 heavy (non-hydrogen) atoms. The Labute approximate surface area is 311 Å². The summed E-state index contributed by atoms with van der Waals surface area (Å²) in [4.78, 5) is 4.28. The van der Waals surface area contributed by atoms with Crippen LogP contribution in [0.4, 0.5) is 34.1 Å². The number of anilines is 6. The van der Waals surface area contributed by atoms with Gasteiger partial charge in [-0.2, -0.15) is 0 Å². The van der Waals surface area contributed by atoms with Crippen LogP contribution in [-0.4, -0.2) is 29.3 Å². The van der Waals surface area contributed by atoms with Crippen LogP contribution < -0.4 is 25.4 Å². The van der Waals surface area contributed by atoms with Crippen molar-refractivity contribution in [2.45, 2.75) is 19.3 Å². The van der Waals surface area contributed by atoms with Gasteiger partial charge in [0.1, 0.15) is 5.75 Å². The average molecular weight is 692 g/mol. The van der Waals surface area contributed by atoms with Gasteiger partial charge in [0.05, 0.1) is 0 Å². The molecule has 0 radical (unpaired) electrons. The van der Waals surface area contributed by atoms with Crippen LogP contribution in [0.25, 0.3) is 11.1 Å². The van der Waals surface area contributed by atoms with Gasteiger partial charge in [0, 0.05) is 45.6 Å². The lowest BCUT2D eigenvalue weighted by Gasteiger charge is -2.28. The van der Waals surface area contributed by atoms with Crippen LogP contribution in [0.3, 0.4) is 0 Å². The molecule has 0 saturated carbocycles. The van der Waals surface area contributed by atoms with Gasteiger partial charge < -0.3 is 29.5 Å². The van der Waals surface area contributed by atoms with Gasteiger partial charge >= 0.3 is 14.2 Å². The van der Waals surface area contributed by atoms with E-state index in [1.807, 2.05) is 114 Å². The van der Waals surface area contributed by atoms with E-state index in [2.05, 4.69) is 73.3 Å². The molecule has 0 aliphatic heterocycles. The average Bonchev–Trinajstić information content (AvgIpc) is 3.42. The number of hydrogen-bond donors (Lipinski definition) is 3. The summed E-state index contributed by atoms with van der Waals surface area (Å²) in [6.45, 7) is 4.58. The van der Waals surface area contributed by atoms with Crippen molar-refractivity contribution in [1.82, 2.24) is 0 Å². The monoisotopic (exact) mass is 692 g/mol. The Balaban J connectivity index is 1.07. The predicted molar refractivity (Wildman–Crippen MR) is 218 cm³/mol. The van der Waals surface area contributed by atoms with E-state index >= 15 is 0 Å². The molecule has 0 aromatic heterocycles. The van der Waals surface area contributed by atoms with Crippen molar-refractivity contribution in [3.05, 3.63) is 187 Å². The lowest BCUT2D eigenvalue weighted by Crippen LogP contribution is -2.36. The highest BCUT2D eigenvalue weighted by Gasteiger charge is 2.35. The summed E-state index contributed by atoms with van der Waals surface area (Å²) >= 11 is 0. The van der Waals surface area contributed by atoms with Crippen molar-refractivity contribution < 1.29 is 19.7 Å². The normalized spacial score (nSPS) is 12.4. The van der Waals surface area contributed by atoms with Crippen molar-refractivity contribution in [2.24, 2.45) is 0 Å². The second-order valence-electron chi connectivity index (χ2n) is 13.8. The molecule has 0 bridgehead atoms. The van der Waals surface area contributed by atoms with E-state index in [-0.39, 0.29) is 5.41 Å². The fourth-order valence-corrected chi connectivity index (χ4v) is 7.36. The van der Waals surface area contributed by atoms with Crippen LogP contribution in [0.1, 0.15) is 25.0 Å². The van der Waals surface area contributed by atoms with Gasteiger partial charge in [-0.25, -0.2) is 0 Å². The van der Waals surface area contributed by atoms with Gasteiger partial charge in [-0.1, -0.05) is 111 Å². The molecule has 8 heteroatoms. The van der Waals surface area contributed by atoms with E-state index in [1.54, 1.807) is 12.1 Å². The Bertz CT molecular complexity index is 2350. The third-order valence-corrected chi connectivity index (χ3v) is 10.1. The minimum atomic E-state index is -1.55. The van der Waals surface area contributed by atoms with Gasteiger partial charge in [-0.3, -0.25) is 0 Å². The molecule has 0 atom stereocenters. The molecule has 1 aliphatic carbocycles. The summed E-state index contributed by atoms with van der Waals surface area (Å²) in [5.74, 6) is 0.495. The van der Waals surface area contributed by atoms with Gasteiger partial charge in [0.15, 0.2) is 0 Å². The van der Waals surface area contributed by atoms with Crippen LogP contribution >= 0.6 is 0 Å². The molecule has 1 aliphatic rings. The van der Waals surface area contributed by atoms with E-state index in [1.165, 1.54) is 22.3 Å². The van der Waals surface area contributed by atoms with E-state index in [0.29, 0.717) is 16.7 Å². The third-order valence-electron chi connectivity index (χ3n) is 10.1. The lowest BCUT2D eigenvalue weighted by molar-refractivity contribution is 0.425. The van der Waals surface area contributed by atoms with E-state index < -0.39 is 14.2 Å². The van der Waals surface area contributed by atoms with Gasteiger partial charge in [-0.15, -0.1) is 0 Å². The molecular formula is C45H38B2N2O4. The number of benzene rings is 7. The summed E-state index contributed by atoms with van der Waals surface area (Å²) in [5.41, 5.74) is 11.7. The molecule has 0 amide bonds. The smallest absolute Gasteiger partial charge is 0.532 e. The number of nitrogens with zero attached hydrogens (tertiary/aromatic N) is 2. The molecule has 7 aromatic rings. The number of rotatable bonds is 10. The van der Waals surface area contributed by atoms with Crippen LogP contribution in [0.15, 0.2) is 176 Å². The van der Waals surface area contributed by atoms with Gasteiger partial charge in [-0.05, 0) is 106 Å². The Kier molecular flexibility index (Phi) is 9.10. The summed E-state index contributed by atoms with van der Waals surface area (Å²) < 4.78 is 6.14. The molecule has 0 fully saturated rings. The van der Waals surface area contributed by atoms with Crippen molar-refractivity contribution in [1.29, 1.82) is 0 Å². The second kappa shape index (κ2) is 14.2. The Hall–Kier alpha value is -6.05. The van der Waals surface area contributed by atoms with E-state index in [0.717, 1.165) is 34.1 Å².